The molecular weight excluding hydrogens is 939 g/mol. The van der Waals surface area contributed by atoms with Gasteiger partial charge in [-0.2, -0.15) is 0 Å². The van der Waals surface area contributed by atoms with Crippen LogP contribution in [0.2, 0.25) is 0 Å². The zero-order chi connectivity index (χ0) is 46.9. The van der Waals surface area contributed by atoms with Crippen LogP contribution in [0.4, 0.5) is 49.9 Å². The van der Waals surface area contributed by atoms with Crippen molar-refractivity contribution in [1.82, 2.24) is 0 Å². The summed E-state index contributed by atoms with van der Waals surface area (Å²) in [7, 11) is 0. The van der Waals surface area contributed by atoms with Crippen molar-refractivity contribution >= 4 is 80.4 Å². The molecule has 1 aliphatic carbocycles. The molecule has 3 aliphatic heterocycles. The van der Waals surface area contributed by atoms with Crippen LogP contribution in [0.5, 0.6) is 0 Å². The van der Waals surface area contributed by atoms with Crippen LogP contribution in [0, 0.1) is 5.82 Å². The van der Waals surface area contributed by atoms with Gasteiger partial charge in [-0.05, 0) is 11.0 Å². The van der Waals surface area contributed by atoms with Gasteiger partial charge in [0.15, 0.2) is 0 Å². The number of anilines is 8. The molecule has 1 fully saturated rings. The van der Waals surface area contributed by atoms with Gasteiger partial charge in [-0.1, -0.05) is 27.2 Å². The molecule has 0 spiro atoms. The van der Waals surface area contributed by atoms with E-state index in [0.29, 0.717) is 0 Å². The molecule has 10 rings (SSSR count). The van der Waals surface area contributed by atoms with Gasteiger partial charge in [-0.25, -0.2) is 0 Å². The van der Waals surface area contributed by atoms with Crippen LogP contribution < -0.4 is 52.3 Å². The summed E-state index contributed by atoms with van der Waals surface area (Å²) in [5.74, 6) is -0.226. The molecular formula is C59H67BFIN3S-. The molecule has 342 valence electrons. The minimum absolute atomic E-state index is 0.000956. The second kappa shape index (κ2) is 15.9. The molecule has 3 heterocycles. The van der Waals surface area contributed by atoms with Gasteiger partial charge in [0.25, 0.3) is 0 Å². The first kappa shape index (κ1) is 45.6. The molecule has 66 heavy (non-hydrogen) atoms. The van der Waals surface area contributed by atoms with E-state index in [9.17, 15) is 0 Å². The number of hydrogen-bond acceptors (Lipinski definition) is 4. The molecule has 7 heteroatoms. The predicted molar refractivity (Wildman–Crippen MR) is 281 cm³/mol. The van der Waals surface area contributed by atoms with Crippen molar-refractivity contribution in [2.24, 2.45) is 0 Å². The molecule has 0 saturated heterocycles. The Morgan fingerprint density at radius 2 is 1.18 bits per heavy atom. The third kappa shape index (κ3) is 7.00. The Labute approximate surface area is 410 Å². The van der Waals surface area contributed by atoms with Crippen LogP contribution in [0.1, 0.15) is 130 Å². The van der Waals surface area contributed by atoms with E-state index in [2.05, 4.69) is 187 Å². The summed E-state index contributed by atoms with van der Waals surface area (Å²) in [4.78, 5) is 11.6. The summed E-state index contributed by atoms with van der Waals surface area (Å²) < 4.78 is 16.1. The molecule has 0 aromatic heterocycles. The van der Waals surface area contributed by atoms with Crippen LogP contribution >= 0.6 is 11.8 Å². The normalized spacial score (nSPS) is 20.0. The molecule has 4 aliphatic rings. The Hall–Kier alpha value is -4.21. The van der Waals surface area contributed by atoms with Crippen molar-refractivity contribution in [3.63, 3.8) is 0 Å². The SMILES string of the molecule is CSc1cccc2c1B1c3c(C[I-]C)cccc3N(c3cc(C(C)(C)C)cc(C(C)(C)C)c3)c3cc(N4c5ccc(C(C)(C)C)cc5C5(C)CCCCC45C)cc(c31)N2c1ccc(F)cc1. The van der Waals surface area contributed by atoms with E-state index in [4.69, 9.17) is 0 Å². The van der Waals surface area contributed by atoms with Crippen molar-refractivity contribution in [1.29, 1.82) is 0 Å². The number of nitrogens with zero attached hydrogens (tertiary/aromatic N) is 3. The fourth-order valence-corrected chi connectivity index (χ4v) is 14.2. The number of thioether (sulfide) groups is 1. The molecule has 6 aromatic carbocycles. The standard InChI is InChI=1S/C59H67BFIN3S/c1-55(2,3)38-22-27-46-45(33-38)58(10)28-14-15-29-59(58,11)65(46)44-34-49-53-50(35-44)64(43-31-39(56(4,5)6)30-40(32-43)57(7,8)9)47-19-16-18-37(36-62-12)52(47)60(53)54-48(20-17-21-51(54)66-13)63(49)42-25-23-41(61)24-26-42/h16-27,30-35H,14-15,28-29,36H2,1-13H3/q-1. The predicted octanol–water partition coefficient (Wildman–Crippen LogP) is 11.5. The Balaban J connectivity index is 1.37. The average molecular weight is 1010 g/mol. The van der Waals surface area contributed by atoms with Crippen LogP contribution in [-0.2, 0) is 26.1 Å². The number of rotatable bonds is 6. The number of alkyl halides is 2. The van der Waals surface area contributed by atoms with E-state index in [1.165, 1.54) is 102 Å². The average Bonchev–Trinajstić information content (AvgIpc) is 3.48. The van der Waals surface area contributed by atoms with E-state index in [1.54, 1.807) is 12.1 Å². The summed E-state index contributed by atoms with van der Waals surface area (Å²) >= 11 is 1.78. The van der Waals surface area contributed by atoms with Gasteiger partial charge in [0, 0.05) is 0 Å². The number of benzene rings is 6. The first-order chi connectivity index (χ1) is 31.2. The van der Waals surface area contributed by atoms with Gasteiger partial charge in [-0.15, -0.1) is 0 Å². The van der Waals surface area contributed by atoms with Crippen LogP contribution in [0.15, 0.2) is 114 Å². The second-order valence-electron chi connectivity index (χ2n) is 23.0. The Morgan fingerprint density at radius 3 is 1.79 bits per heavy atom. The van der Waals surface area contributed by atoms with Gasteiger partial charge in [0.1, 0.15) is 0 Å². The molecule has 3 nitrogen and oxygen atoms in total. The second-order valence-corrected chi connectivity index (χ2v) is 26.2. The fraction of sp³-hybridized carbons (Fsp3) is 0.390. The van der Waals surface area contributed by atoms with Crippen molar-refractivity contribution in [3.05, 3.63) is 143 Å². The zero-order valence-electron chi connectivity index (χ0n) is 41.5. The van der Waals surface area contributed by atoms with Crippen LogP contribution in [0.3, 0.4) is 0 Å². The Morgan fingerprint density at radius 1 is 0.591 bits per heavy atom. The maximum absolute atomic E-state index is 15.0. The zero-order valence-corrected chi connectivity index (χ0v) is 44.5. The quantitative estimate of drug-likeness (QED) is 0.0710. The fourth-order valence-electron chi connectivity index (χ4n) is 12.0. The monoisotopic (exact) mass is 1010 g/mol. The number of hydrogen-bond donors (Lipinski definition) is 0. The molecule has 0 bridgehead atoms. The van der Waals surface area contributed by atoms with Crippen LogP contribution in [-0.4, -0.2) is 23.4 Å². The van der Waals surface area contributed by atoms with E-state index < -0.39 is 0 Å². The summed E-state index contributed by atoms with van der Waals surface area (Å²) in [6.07, 6.45) is 6.92. The molecule has 2 unspecified atom stereocenters. The number of fused-ring (bicyclic) bond motifs is 7. The summed E-state index contributed by atoms with van der Waals surface area (Å²) in [6.45, 7) is 26.3. The molecule has 0 radical (unpaired) electrons. The van der Waals surface area contributed by atoms with Gasteiger partial charge < -0.3 is 0 Å². The van der Waals surface area contributed by atoms with Gasteiger partial charge in [-0.3, -0.25) is 0 Å². The van der Waals surface area contributed by atoms with Crippen molar-refractivity contribution in [2.75, 3.05) is 25.9 Å². The molecule has 2 atom stereocenters. The summed E-state index contributed by atoms with van der Waals surface area (Å²) in [6, 6.07) is 41.2. The van der Waals surface area contributed by atoms with Crippen molar-refractivity contribution in [2.45, 2.75) is 138 Å². The first-order valence-electron chi connectivity index (χ1n) is 24.1. The van der Waals surface area contributed by atoms with E-state index in [0.717, 1.165) is 23.0 Å². The third-order valence-corrected chi connectivity index (χ3v) is 18.3. The van der Waals surface area contributed by atoms with E-state index >= 15 is 4.39 Å². The Bertz CT molecular complexity index is 2870. The van der Waals surface area contributed by atoms with Gasteiger partial charge in [0.2, 0.25) is 0 Å². The van der Waals surface area contributed by atoms with Crippen LogP contribution in [0.25, 0.3) is 0 Å². The maximum atomic E-state index is 15.0. The molecule has 0 N–H and O–H groups in total. The van der Waals surface area contributed by atoms with E-state index in [-0.39, 0.29) is 60.9 Å². The summed E-state index contributed by atoms with van der Waals surface area (Å²) in [5.41, 5.74) is 20.3. The third-order valence-electron chi connectivity index (χ3n) is 15.9. The van der Waals surface area contributed by atoms with Gasteiger partial charge in [0.05, 0.1) is 0 Å². The van der Waals surface area contributed by atoms with Crippen molar-refractivity contribution in [3.8, 4) is 0 Å². The van der Waals surface area contributed by atoms with E-state index in [1.807, 2.05) is 23.9 Å². The molecule has 0 amide bonds. The van der Waals surface area contributed by atoms with Crippen molar-refractivity contribution < 1.29 is 25.6 Å². The first-order valence-corrected chi connectivity index (χ1v) is 29.0. The Kier molecular flexibility index (Phi) is 11.0. The minimum atomic E-state index is -0.226. The van der Waals surface area contributed by atoms with Gasteiger partial charge >= 0.3 is 375 Å². The summed E-state index contributed by atoms with van der Waals surface area (Å²) in [5, 5.41) is 0. The number of halogens is 2. The molecule has 6 aromatic rings. The topological polar surface area (TPSA) is 9.72 Å². The molecule has 1 saturated carbocycles.